The highest BCUT2D eigenvalue weighted by Gasteiger charge is 2.29. The molecular weight excluding hydrogens is 374 g/mol. The Bertz CT molecular complexity index is 833. The number of H-pyrrole nitrogens is 1. The quantitative estimate of drug-likeness (QED) is 0.699. The third-order valence-corrected chi connectivity index (χ3v) is 5.08. The Morgan fingerprint density at radius 2 is 2.27 bits per heavy atom. The Labute approximate surface area is 161 Å². The number of nitrogens with one attached hydrogen (secondary N) is 2. The molecule has 0 spiro atoms. The van der Waals surface area contributed by atoms with Crippen molar-refractivity contribution in [2.75, 3.05) is 12.9 Å². The average molecular weight is 394 g/mol. The van der Waals surface area contributed by atoms with Crippen LogP contribution in [0.3, 0.4) is 0 Å². The molecule has 0 aliphatic heterocycles. The van der Waals surface area contributed by atoms with Gasteiger partial charge in [0.05, 0.1) is 24.5 Å². The van der Waals surface area contributed by atoms with Gasteiger partial charge in [0.25, 0.3) is 0 Å². The molecule has 9 heteroatoms. The molecular formula is C17H20ClN5O2S. The van der Waals surface area contributed by atoms with Gasteiger partial charge in [-0.05, 0) is 31.0 Å². The second-order valence-corrected chi connectivity index (χ2v) is 7.50. The number of thioether (sulfide) groups is 1. The number of benzene rings is 1. The van der Waals surface area contributed by atoms with Crippen molar-refractivity contribution in [2.24, 2.45) is 5.92 Å². The average Bonchev–Trinajstić information content (AvgIpc) is 3.08. The summed E-state index contributed by atoms with van der Waals surface area (Å²) in [6.45, 7) is 5.48. The molecule has 138 valence electrons. The maximum atomic E-state index is 12.1. The largest absolute Gasteiger partial charge is 0.496 e. The normalized spacial score (nSPS) is 13.1. The summed E-state index contributed by atoms with van der Waals surface area (Å²) in [5.74, 6) is 0.956. The highest BCUT2D eigenvalue weighted by molar-refractivity contribution is 7.99. The van der Waals surface area contributed by atoms with E-state index in [4.69, 9.17) is 16.3 Å². The Morgan fingerprint density at radius 3 is 2.88 bits per heavy atom. The SMILES string of the molecule is COc1ccc(Cl)cc1-c1nc(SCC(=O)NC(C)(C#N)C(C)C)n[nH]1. The van der Waals surface area contributed by atoms with Crippen LogP contribution in [-0.2, 0) is 4.79 Å². The molecule has 0 bridgehead atoms. The van der Waals surface area contributed by atoms with E-state index in [9.17, 15) is 10.1 Å². The molecule has 0 saturated heterocycles. The molecule has 0 radical (unpaired) electrons. The molecule has 2 aromatic rings. The van der Waals surface area contributed by atoms with Crippen molar-refractivity contribution in [1.82, 2.24) is 20.5 Å². The summed E-state index contributed by atoms with van der Waals surface area (Å²) >= 11 is 7.21. The van der Waals surface area contributed by atoms with Crippen LogP contribution in [0.5, 0.6) is 5.75 Å². The molecule has 1 aromatic carbocycles. The van der Waals surface area contributed by atoms with Gasteiger partial charge >= 0.3 is 0 Å². The van der Waals surface area contributed by atoms with Gasteiger partial charge in [0.1, 0.15) is 11.3 Å². The highest BCUT2D eigenvalue weighted by Crippen LogP contribution is 2.31. The minimum atomic E-state index is -0.907. The van der Waals surface area contributed by atoms with Crippen molar-refractivity contribution in [1.29, 1.82) is 5.26 Å². The van der Waals surface area contributed by atoms with E-state index in [0.717, 1.165) is 0 Å². The lowest BCUT2D eigenvalue weighted by Crippen LogP contribution is -2.49. The number of aromatic amines is 1. The number of nitrogens with zero attached hydrogens (tertiary/aromatic N) is 3. The second-order valence-electron chi connectivity index (χ2n) is 6.12. The maximum Gasteiger partial charge on any atom is 0.231 e. The van der Waals surface area contributed by atoms with Gasteiger partial charge in [-0.3, -0.25) is 9.89 Å². The first-order chi connectivity index (χ1) is 12.3. The predicted octanol–water partition coefficient (Wildman–Crippen LogP) is 3.28. The van der Waals surface area contributed by atoms with Crippen LogP contribution in [0.15, 0.2) is 23.4 Å². The van der Waals surface area contributed by atoms with E-state index in [2.05, 4.69) is 26.6 Å². The number of aromatic nitrogens is 3. The van der Waals surface area contributed by atoms with Gasteiger partial charge in [-0.15, -0.1) is 5.10 Å². The van der Waals surface area contributed by atoms with Gasteiger partial charge in [0.15, 0.2) is 5.82 Å². The number of halogens is 1. The number of carbonyl (C=O) groups excluding carboxylic acids is 1. The third kappa shape index (κ3) is 4.68. The fraction of sp³-hybridized carbons (Fsp3) is 0.412. The molecule has 7 nitrogen and oxygen atoms in total. The molecule has 0 fully saturated rings. The fourth-order valence-corrected chi connectivity index (χ4v) is 2.82. The van der Waals surface area contributed by atoms with Crippen molar-refractivity contribution >= 4 is 29.3 Å². The summed E-state index contributed by atoms with van der Waals surface area (Å²) in [4.78, 5) is 16.5. The summed E-state index contributed by atoms with van der Waals surface area (Å²) in [7, 11) is 1.56. The molecule has 1 unspecified atom stereocenters. The Hall–Kier alpha value is -2.24. The standard InChI is InChI=1S/C17H20ClN5O2S/c1-10(2)17(3,9-19)21-14(24)8-26-16-20-15(22-23-16)12-7-11(18)5-6-13(12)25-4/h5-7,10H,8H2,1-4H3,(H,21,24)(H,20,22,23). The van der Waals surface area contributed by atoms with Crippen molar-refractivity contribution in [3.8, 4) is 23.2 Å². The third-order valence-electron chi connectivity index (χ3n) is 4.00. The van der Waals surface area contributed by atoms with E-state index in [1.165, 1.54) is 11.8 Å². The molecule has 1 amide bonds. The number of rotatable bonds is 7. The van der Waals surface area contributed by atoms with Crippen LogP contribution < -0.4 is 10.1 Å². The first-order valence-electron chi connectivity index (χ1n) is 7.90. The van der Waals surface area contributed by atoms with E-state index in [1.807, 2.05) is 13.8 Å². The number of nitriles is 1. The zero-order valence-corrected chi connectivity index (χ0v) is 16.5. The van der Waals surface area contributed by atoms with Crippen molar-refractivity contribution in [3.05, 3.63) is 23.2 Å². The van der Waals surface area contributed by atoms with Gasteiger partial charge in [0, 0.05) is 5.02 Å². The predicted molar refractivity (Wildman–Crippen MR) is 101 cm³/mol. The Kier molecular flexibility index (Phi) is 6.51. The molecule has 0 aliphatic rings. The summed E-state index contributed by atoms with van der Waals surface area (Å²) in [6, 6.07) is 7.34. The highest BCUT2D eigenvalue weighted by atomic mass is 35.5. The summed E-state index contributed by atoms with van der Waals surface area (Å²) in [5.41, 5.74) is -0.226. The Morgan fingerprint density at radius 1 is 1.54 bits per heavy atom. The fourth-order valence-electron chi connectivity index (χ4n) is 2.05. The lowest BCUT2D eigenvalue weighted by atomic mass is 9.90. The van der Waals surface area contributed by atoms with Gasteiger partial charge < -0.3 is 10.1 Å². The van der Waals surface area contributed by atoms with Crippen LogP contribution in [-0.4, -0.2) is 39.5 Å². The minimum Gasteiger partial charge on any atom is -0.496 e. The van der Waals surface area contributed by atoms with Crippen molar-refractivity contribution < 1.29 is 9.53 Å². The zero-order valence-electron chi connectivity index (χ0n) is 15.0. The Balaban J connectivity index is 2.05. The smallest absolute Gasteiger partial charge is 0.231 e. The van der Waals surface area contributed by atoms with Crippen LogP contribution in [0.25, 0.3) is 11.4 Å². The number of ether oxygens (including phenoxy) is 1. The van der Waals surface area contributed by atoms with E-state index in [-0.39, 0.29) is 17.6 Å². The number of methoxy groups -OCH3 is 1. The first-order valence-corrected chi connectivity index (χ1v) is 9.26. The van der Waals surface area contributed by atoms with Crippen LogP contribution in [0.4, 0.5) is 0 Å². The van der Waals surface area contributed by atoms with Crippen molar-refractivity contribution in [2.45, 2.75) is 31.5 Å². The van der Waals surface area contributed by atoms with Crippen LogP contribution >= 0.6 is 23.4 Å². The molecule has 26 heavy (non-hydrogen) atoms. The number of hydrogen-bond donors (Lipinski definition) is 2. The zero-order chi connectivity index (χ0) is 19.3. The lowest BCUT2D eigenvalue weighted by molar-refractivity contribution is -0.120. The first kappa shape index (κ1) is 20.1. The van der Waals surface area contributed by atoms with Gasteiger partial charge in [-0.25, -0.2) is 4.98 Å². The molecule has 2 N–H and O–H groups in total. The van der Waals surface area contributed by atoms with Gasteiger partial charge in [-0.1, -0.05) is 37.2 Å². The van der Waals surface area contributed by atoms with Crippen LogP contribution in [0.2, 0.25) is 5.02 Å². The molecule has 2 rings (SSSR count). The van der Waals surface area contributed by atoms with Gasteiger partial charge in [0.2, 0.25) is 11.1 Å². The monoisotopic (exact) mass is 393 g/mol. The molecule has 1 heterocycles. The second kappa shape index (κ2) is 8.43. The molecule has 0 aliphatic carbocycles. The minimum absolute atomic E-state index is 0.00754. The molecule has 1 atom stereocenters. The van der Waals surface area contributed by atoms with Crippen LogP contribution in [0, 0.1) is 17.2 Å². The van der Waals surface area contributed by atoms with Crippen molar-refractivity contribution in [3.63, 3.8) is 0 Å². The molecule has 1 aromatic heterocycles. The lowest BCUT2D eigenvalue weighted by Gasteiger charge is -2.27. The van der Waals surface area contributed by atoms with Gasteiger partial charge in [-0.2, -0.15) is 5.26 Å². The summed E-state index contributed by atoms with van der Waals surface area (Å²) in [6.07, 6.45) is 0. The number of carbonyl (C=O) groups is 1. The van der Waals surface area contributed by atoms with E-state index < -0.39 is 5.54 Å². The summed E-state index contributed by atoms with van der Waals surface area (Å²) < 4.78 is 5.30. The van der Waals surface area contributed by atoms with Crippen LogP contribution in [0.1, 0.15) is 20.8 Å². The number of hydrogen-bond acceptors (Lipinski definition) is 6. The number of amides is 1. The summed E-state index contributed by atoms with van der Waals surface area (Å²) in [5, 5.41) is 19.9. The van der Waals surface area contributed by atoms with E-state index >= 15 is 0 Å². The molecule has 0 saturated carbocycles. The maximum absolute atomic E-state index is 12.1. The van der Waals surface area contributed by atoms with E-state index in [1.54, 1.807) is 32.2 Å². The van der Waals surface area contributed by atoms with E-state index in [0.29, 0.717) is 27.3 Å². The topological polar surface area (TPSA) is 104 Å².